The van der Waals surface area contributed by atoms with Gasteiger partial charge in [-0.2, -0.15) is 5.26 Å². The van der Waals surface area contributed by atoms with E-state index in [4.69, 9.17) is 16.9 Å². The van der Waals surface area contributed by atoms with Crippen LogP contribution in [0.15, 0.2) is 53.9 Å². The lowest BCUT2D eigenvalue weighted by atomic mass is 10.0. The molecule has 0 aliphatic carbocycles. The third-order valence-electron chi connectivity index (χ3n) is 3.58. The van der Waals surface area contributed by atoms with Gasteiger partial charge < -0.3 is 5.32 Å². The van der Waals surface area contributed by atoms with E-state index in [1.54, 1.807) is 18.2 Å². The van der Waals surface area contributed by atoms with Gasteiger partial charge in [-0.15, -0.1) is 11.3 Å². The number of nitrogens with zero attached hydrogens (tertiary/aromatic N) is 1. The molecule has 0 atom stereocenters. The molecule has 1 heterocycles. The molecule has 1 amide bonds. The number of nitriles is 1. The lowest BCUT2D eigenvalue weighted by molar-refractivity contribution is 0.103. The Morgan fingerprint density at radius 3 is 2.62 bits per heavy atom. The van der Waals surface area contributed by atoms with Crippen LogP contribution in [0.25, 0.3) is 11.1 Å². The highest BCUT2D eigenvalue weighted by atomic mass is 35.5. The molecule has 0 spiro atoms. The van der Waals surface area contributed by atoms with Crippen LogP contribution in [-0.2, 0) is 0 Å². The summed E-state index contributed by atoms with van der Waals surface area (Å²) in [5.74, 6) is -0.202. The number of nitrogens with one attached hydrogen (secondary N) is 1. The Balaban J connectivity index is 1.88. The average molecular weight is 353 g/mol. The first kappa shape index (κ1) is 16.3. The van der Waals surface area contributed by atoms with Crippen LogP contribution in [0.1, 0.15) is 20.8 Å². The molecule has 3 rings (SSSR count). The standard InChI is InChI=1S/C19H13ClN2OS/c1-12-2-4-13(5-3-12)16-8-9-24-18(16)19(23)22-15-6-7-17(20)14(10-15)11-21/h2-10H,1H3,(H,22,23). The van der Waals surface area contributed by atoms with Crippen LogP contribution in [0.5, 0.6) is 0 Å². The van der Waals surface area contributed by atoms with E-state index in [2.05, 4.69) is 5.32 Å². The van der Waals surface area contributed by atoms with Crippen LogP contribution in [0.2, 0.25) is 5.02 Å². The van der Waals surface area contributed by atoms with E-state index in [1.165, 1.54) is 16.9 Å². The second-order valence-corrected chi connectivity index (χ2v) is 6.61. The number of amides is 1. The zero-order chi connectivity index (χ0) is 17.1. The number of halogens is 1. The van der Waals surface area contributed by atoms with E-state index >= 15 is 0 Å². The number of benzene rings is 2. The third-order valence-corrected chi connectivity index (χ3v) is 4.82. The van der Waals surface area contributed by atoms with Gasteiger partial charge in [-0.05, 0) is 42.1 Å². The normalized spacial score (nSPS) is 10.2. The summed E-state index contributed by atoms with van der Waals surface area (Å²) in [6.07, 6.45) is 0. The Labute approximate surface area is 149 Å². The summed E-state index contributed by atoms with van der Waals surface area (Å²) in [5.41, 5.74) is 3.95. The number of carbonyl (C=O) groups is 1. The smallest absolute Gasteiger partial charge is 0.266 e. The molecular weight excluding hydrogens is 340 g/mol. The molecule has 1 aromatic heterocycles. The number of hydrogen-bond acceptors (Lipinski definition) is 3. The maximum atomic E-state index is 12.6. The molecule has 3 aromatic rings. The van der Waals surface area contributed by atoms with Crippen LogP contribution in [0, 0.1) is 18.3 Å². The monoisotopic (exact) mass is 352 g/mol. The van der Waals surface area contributed by atoms with Crippen molar-refractivity contribution in [2.24, 2.45) is 0 Å². The van der Waals surface area contributed by atoms with Crippen LogP contribution in [0.4, 0.5) is 5.69 Å². The van der Waals surface area contributed by atoms with Crippen molar-refractivity contribution >= 4 is 34.5 Å². The Kier molecular flexibility index (Phi) is 4.66. The zero-order valence-electron chi connectivity index (χ0n) is 12.8. The number of carbonyl (C=O) groups excluding carboxylic acids is 1. The van der Waals surface area contributed by atoms with Crippen LogP contribution in [-0.4, -0.2) is 5.91 Å². The second-order valence-electron chi connectivity index (χ2n) is 5.29. The van der Waals surface area contributed by atoms with Crippen molar-refractivity contribution in [3.05, 3.63) is 74.9 Å². The van der Waals surface area contributed by atoms with Gasteiger partial charge in [-0.3, -0.25) is 4.79 Å². The molecule has 24 heavy (non-hydrogen) atoms. The van der Waals surface area contributed by atoms with Gasteiger partial charge >= 0.3 is 0 Å². The summed E-state index contributed by atoms with van der Waals surface area (Å²) in [4.78, 5) is 13.2. The van der Waals surface area contributed by atoms with E-state index in [-0.39, 0.29) is 5.91 Å². The van der Waals surface area contributed by atoms with Crippen molar-refractivity contribution in [3.8, 4) is 17.2 Å². The Morgan fingerprint density at radius 1 is 1.17 bits per heavy atom. The first-order valence-corrected chi connectivity index (χ1v) is 8.50. The summed E-state index contributed by atoms with van der Waals surface area (Å²) in [6, 6.07) is 16.8. The van der Waals surface area contributed by atoms with E-state index in [1.807, 2.05) is 48.7 Å². The Morgan fingerprint density at radius 2 is 1.92 bits per heavy atom. The summed E-state index contributed by atoms with van der Waals surface area (Å²) in [6.45, 7) is 2.03. The van der Waals surface area contributed by atoms with E-state index in [0.717, 1.165) is 11.1 Å². The molecule has 0 aliphatic rings. The van der Waals surface area contributed by atoms with Gasteiger partial charge in [0.15, 0.2) is 0 Å². The van der Waals surface area contributed by atoms with E-state index in [9.17, 15) is 4.79 Å². The van der Waals surface area contributed by atoms with Crippen molar-refractivity contribution in [2.45, 2.75) is 6.92 Å². The number of thiophene rings is 1. The molecule has 5 heteroatoms. The van der Waals surface area contributed by atoms with E-state index in [0.29, 0.717) is 21.2 Å². The molecule has 0 saturated carbocycles. The van der Waals surface area contributed by atoms with Crippen molar-refractivity contribution in [1.82, 2.24) is 0 Å². The molecule has 0 saturated heterocycles. The molecule has 0 bridgehead atoms. The summed E-state index contributed by atoms with van der Waals surface area (Å²) < 4.78 is 0. The molecule has 3 nitrogen and oxygen atoms in total. The Hall–Kier alpha value is -2.61. The molecular formula is C19H13ClN2OS. The van der Waals surface area contributed by atoms with Gasteiger partial charge in [0.1, 0.15) is 6.07 Å². The van der Waals surface area contributed by atoms with Crippen LogP contribution < -0.4 is 5.32 Å². The number of rotatable bonds is 3. The fraction of sp³-hybridized carbons (Fsp3) is 0.0526. The zero-order valence-corrected chi connectivity index (χ0v) is 14.4. The van der Waals surface area contributed by atoms with Gasteiger partial charge in [0, 0.05) is 11.3 Å². The predicted octanol–water partition coefficient (Wildman–Crippen LogP) is 5.50. The lowest BCUT2D eigenvalue weighted by Crippen LogP contribution is -2.11. The molecule has 0 aliphatic heterocycles. The van der Waals surface area contributed by atoms with Gasteiger partial charge in [0.05, 0.1) is 15.5 Å². The number of aryl methyl sites for hydroxylation is 1. The summed E-state index contributed by atoms with van der Waals surface area (Å²) in [7, 11) is 0. The minimum Gasteiger partial charge on any atom is -0.321 e. The third kappa shape index (κ3) is 3.33. The minimum atomic E-state index is -0.202. The van der Waals surface area contributed by atoms with Gasteiger partial charge in [-0.1, -0.05) is 41.4 Å². The molecule has 1 N–H and O–H groups in total. The highest BCUT2D eigenvalue weighted by molar-refractivity contribution is 7.12. The maximum absolute atomic E-state index is 12.6. The van der Waals surface area contributed by atoms with Crippen molar-refractivity contribution in [2.75, 3.05) is 5.32 Å². The number of anilines is 1. The van der Waals surface area contributed by atoms with Crippen molar-refractivity contribution < 1.29 is 4.79 Å². The molecule has 0 unspecified atom stereocenters. The van der Waals surface area contributed by atoms with Gasteiger partial charge in [0.2, 0.25) is 0 Å². The van der Waals surface area contributed by atoms with Crippen molar-refractivity contribution in [1.29, 1.82) is 5.26 Å². The maximum Gasteiger partial charge on any atom is 0.266 e. The first-order valence-electron chi connectivity index (χ1n) is 7.24. The highest BCUT2D eigenvalue weighted by Crippen LogP contribution is 2.29. The summed E-state index contributed by atoms with van der Waals surface area (Å²) in [5, 5.41) is 14.1. The van der Waals surface area contributed by atoms with Gasteiger partial charge in [-0.25, -0.2) is 0 Å². The SMILES string of the molecule is Cc1ccc(-c2ccsc2C(=O)Nc2ccc(Cl)c(C#N)c2)cc1. The topological polar surface area (TPSA) is 52.9 Å². The van der Waals surface area contributed by atoms with Gasteiger partial charge in [0.25, 0.3) is 5.91 Å². The largest absolute Gasteiger partial charge is 0.321 e. The fourth-order valence-electron chi connectivity index (χ4n) is 2.32. The van der Waals surface area contributed by atoms with E-state index < -0.39 is 0 Å². The second kappa shape index (κ2) is 6.88. The highest BCUT2D eigenvalue weighted by Gasteiger charge is 2.15. The Bertz CT molecular complexity index is 939. The molecule has 0 radical (unpaired) electrons. The number of hydrogen-bond donors (Lipinski definition) is 1. The van der Waals surface area contributed by atoms with Crippen molar-refractivity contribution in [3.63, 3.8) is 0 Å². The first-order chi connectivity index (χ1) is 11.6. The quantitative estimate of drug-likeness (QED) is 0.676. The molecule has 118 valence electrons. The van der Waals surface area contributed by atoms with Crippen LogP contribution in [0.3, 0.4) is 0 Å². The fourth-order valence-corrected chi connectivity index (χ4v) is 3.29. The average Bonchev–Trinajstić information content (AvgIpc) is 3.07. The minimum absolute atomic E-state index is 0.202. The molecule has 2 aromatic carbocycles. The predicted molar refractivity (Wildman–Crippen MR) is 98.6 cm³/mol. The molecule has 0 fully saturated rings. The lowest BCUT2D eigenvalue weighted by Gasteiger charge is -2.07. The van der Waals surface area contributed by atoms with Crippen LogP contribution >= 0.6 is 22.9 Å². The summed E-state index contributed by atoms with van der Waals surface area (Å²) >= 11 is 7.30.